The fourth-order valence-electron chi connectivity index (χ4n) is 6.63. The van der Waals surface area contributed by atoms with E-state index in [0.717, 1.165) is 83.5 Å². The van der Waals surface area contributed by atoms with E-state index in [1.807, 2.05) is 21.1 Å². The Hall–Kier alpha value is -2.06. The molecule has 2 N–H and O–H groups in total. The first-order chi connectivity index (χ1) is 29.0. The van der Waals surface area contributed by atoms with Crippen molar-refractivity contribution in [3.63, 3.8) is 0 Å². The monoisotopic (exact) mass is 861 g/mol. The highest BCUT2D eigenvalue weighted by atomic mass is 31.2. The number of rotatable bonds is 43. The summed E-state index contributed by atoms with van der Waals surface area (Å²) in [5.41, 5.74) is 0. The molecular formula is C51H93N2O6P. The first-order valence-corrected chi connectivity index (χ1v) is 25.7. The lowest BCUT2D eigenvalue weighted by molar-refractivity contribution is -0.870. The average molecular weight is 861 g/mol. The average Bonchev–Trinajstić information content (AvgIpc) is 3.20. The Morgan fingerprint density at radius 1 is 0.600 bits per heavy atom. The number of carbonyl (C=O) groups is 1. The molecule has 0 heterocycles. The van der Waals surface area contributed by atoms with Crippen LogP contribution in [0.15, 0.2) is 72.9 Å². The highest BCUT2D eigenvalue weighted by Crippen LogP contribution is 2.38. The third-order valence-corrected chi connectivity index (χ3v) is 11.4. The van der Waals surface area contributed by atoms with Crippen LogP contribution in [-0.4, -0.2) is 68.5 Å². The SMILES string of the molecule is CC/C=C\C/C=C\C/C=C\C/C=C\C/C=C\C/C=C\CCCCCCCCCCCCC(=O)NC(COP(=O)([O-])OCC[N+](C)(C)C)C(O)CCCCCCCCCCC. The van der Waals surface area contributed by atoms with Crippen molar-refractivity contribution in [2.45, 2.75) is 206 Å². The molecule has 0 aromatic heterocycles. The Morgan fingerprint density at radius 3 is 1.48 bits per heavy atom. The Balaban J connectivity index is 4.12. The minimum atomic E-state index is -4.56. The molecule has 0 saturated carbocycles. The van der Waals surface area contributed by atoms with E-state index < -0.39 is 20.0 Å². The third-order valence-electron chi connectivity index (χ3n) is 10.5. The Morgan fingerprint density at radius 2 is 1.02 bits per heavy atom. The highest BCUT2D eigenvalue weighted by molar-refractivity contribution is 7.45. The van der Waals surface area contributed by atoms with Crippen molar-refractivity contribution in [3.8, 4) is 0 Å². The van der Waals surface area contributed by atoms with Crippen LogP contribution < -0.4 is 10.2 Å². The molecule has 0 aliphatic carbocycles. The van der Waals surface area contributed by atoms with Gasteiger partial charge in [-0.05, 0) is 64.2 Å². The normalized spacial score (nSPS) is 14.8. The molecule has 3 atom stereocenters. The molecule has 0 aliphatic rings. The van der Waals surface area contributed by atoms with Gasteiger partial charge in [0.25, 0.3) is 7.82 Å². The highest BCUT2D eigenvalue weighted by Gasteiger charge is 2.24. The molecule has 0 spiro atoms. The number of carbonyl (C=O) groups excluding carboxylic acids is 1. The van der Waals surface area contributed by atoms with Crippen molar-refractivity contribution in [1.82, 2.24) is 5.32 Å². The van der Waals surface area contributed by atoms with E-state index >= 15 is 0 Å². The molecule has 9 heteroatoms. The van der Waals surface area contributed by atoms with Crippen LogP contribution in [0, 0.1) is 0 Å². The summed E-state index contributed by atoms with van der Waals surface area (Å²) in [4.78, 5) is 25.3. The van der Waals surface area contributed by atoms with E-state index in [-0.39, 0.29) is 19.1 Å². The van der Waals surface area contributed by atoms with Gasteiger partial charge in [0.15, 0.2) is 0 Å². The second-order valence-electron chi connectivity index (χ2n) is 17.4. The van der Waals surface area contributed by atoms with E-state index in [4.69, 9.17) is 9.05 Å². The minimum Gasteiger partial charge on any atom is -0.756 e. The number of nitrogens with one attached hydrogen (secondary N) is 1. The van der Waals surface area contributed by atoms with Crippen molar-refractivity contribution >= 4 is 13.7 Å². The maximum Gasteiger partial charge on any atom is 0.268 e. The molecule has 0 aromatic carbocycles. The molecule has 8 nitrogen and oxygen atoms in total. The van der Waals surface area contributed by atoms with Gasteiger partial charge in [-0.25, -0.2) is 0 Å². The Kier molecular flexibility index (Phi) is 40.8. The number of quaternary nitrogens is 1. The standard InChI is InChI=1S/C51H93N2O6P/c1-6-8-10-12-14-16-17-18-19-20-21-22-23-24-25-26-27-28-29-30-31-32-33-34-35-37-39-41-43-45-51(55)52-49(48-59-60(56,57)58-47-46-53(3,4)5)50(54)44-42-40-38-36-15-13-11-9-7-2/h8,10,14,16,18-19,21-22,24-25,27-28,49-50,54H,6-7,9,11-13,15,17,20,23,26,29-48H2,1-5H3,(H-,52,55,56,57)/b10-8-,16-14-,19-18-,22-21-,25-24-,28-27-. The van der Waals surface area contributed by atoms with E-state index in [1.54, 1.807) is 0 Å². The van der Waals surface area contributed by atoms with Crippen LogP contribution in [-0.2, 0) is 18.4 Å². The molecule has 0 rings (SSSR count). The lowest BCUT2D eigenvalue weighted by atomic mass is 10.0. The summed E-state index contributed by atoms with van der Waals surface area (Å²) in [6.45, 7) is 4.56. The molecule has 0 saturated heterocycles. The predicted molar refractivity (Wildman–Crippen MR) is 256 cm³/mol. The van der Waals surface area contributed by atoms with Gasteiger partial charge < -0.3 is 28.8 Å². The number of allylic oxidation sites excluding steroid dienone is 12. The van der Waals surface area contributed by atoms with Crippen molar-refractivity contribution in [2.75, 3.05) is 40.9 Å². The second kappa shape index (κ2) is 42.3. The molecule has 0 aromatic rings. The number of likely N-dealkylation sites (N-methyl/N-ethyl adjacent to an activating group) is 1. The van der Waals surface area contributed by atoms with E-state index in [9.17, 15) is 19.4 Å². The largest absolute Gasteiger partial charge is 0.756 e. The van der Waals surface area contributed by atoms with Gasteiger partial charge in [-0.3, -0.25) is 9.36 Å². The summed E-state index contributed by atoms with van der Waals surface area (Å²) < 4.78 is 23.2. The van der Waals surface area contributed by atoms with Crippen LogP contribution in [0.5, 0.6) is 0 Å². The van der Waals surface area contributed by atoms with Crippen LogP contribution in [0.2, 0.25) is 0 Å². The van der Waals surface area contributed by atoms with Crippen molar-refractivity contribution in [2.24, 2.45) is 0 Å². The van der Waals surface area contributed by atoms with Gasteiger partial charge in [0.05, 0.1) is 39.9 Å². The molecular weight excluding hydrogens is 768 g/mol. The summed E-state index contributed by atoms with van der Waals surface area (Å²) in [6.07, 6.45) is 56.4. The molecule has 60 heavy (non-hydrogen) atoms. The smallest absolute Gasteiger partial charge is 0.268 e. The van der Waals surface area contributed by atoms with Gasteiger partial charge in [0.2, 0.25) is 5.91 Å². The number of nitrogens with zero attached hydrogens (tertiary/aromatic N) is 1. The lowest BCUT2D eigenvalue weighted by Crippen LogP contribution is -2.46. The fraction of sp³-hybridized carbons (Fsp3) is 0.745. The number of amides is 1. The zero-order chi connectivity index (χ0) is 44.3. The van der Waals surface area contributed by atoms with E-state index in [1.165, 1.54) is 83.5 Å². The summed E-state index contributed by atoms with van der Waals surface area (Å²) in [7, 11) is 1.29. The first-order valence-electron chi connectivity index (χ1n) is 24.3. The number of phosphoric ester groups is 1. The molecule has 0 bridgehead atoms. The number of unbranched alkanes of at least 4 members (excludes halogenated alkanes) is 18. The van der Waals surface area contributed by atoms with Crippen LogP contribution >= 0.6 is 7.82 Å². The van der Waals surface area contributed by atoms with Gasteiger partial charge in [-0.2, -0.15) is 0 Å². The van der Waals surface area contributed by atoms with E-state index in [2.05, 4.69) is 92.1 Å². The second-order valence-corrected chi connectivity index (χ2v) is 18.8. The van der Waals surface area contributed by atoms with Gasteiger partial charge in [0.1, 0.15) is 13.2 Å². The van der Waals surface area contributed by atoms with E-state index in [0.29, 0.717) is 23.9 Å². The Labute approximate surface area is 370 Å². The summed E-state index contributed by atoms with van der Waals surface area (Å²) >= 11 is 0. The summed E-state index contributed by atoms with van der Waals surface area (Å²) in [5, 5.41) is 13.9. The zero-order valence-electron chi connectivity index (χ0n) is 39.4. The maximum absolute atomic E-state index is 12.9. The number of phosphoric acid groups is 1. The molecule has 0 aliphatic heterocycles. The van der Waals surface area contributed by atoms with Crippen molar-refractivity contribution in [1.29, 1.82) is 0 Å². The van der Waals surface area contributed by atoms with Crippen molar-refractivity contribution < 1.29 is 32.9 Å². The lowest BCUT2D eigenvalue weighted by Gasteiger charge is -2.30. The van der Waals surface area contributed by atoms with Crippen LogP contribution in [0.25, 0.3) is 0 Å². The van der Waals surface area contributed by atoms with Crippen LogP contribution in [0.1, 0.15) is 194 Å². The van der Waals surface area contributed by atoms with Gasteiger partial charge in [-0.1, -0.05) is 196 Å². The molecule has 0 fully saturated rings. The molecule has 1 amide bonds. The van der Waals surface area contributed by atoms with Crippen LogP contribution in [0.3, 0.4) is 0 Å². The Bertz CT molecular complexity index is 1200. The molecule has 3 unspecified atom stereocenters. The number of aliphatic hydroxyl groups is 1. The summed E-state index contributed by atoms with van der Waals surface area (Å²) in [6, 6.07) is -0.804. The molecule has 0 radical (unpaired) electrons. The number of hydrogen-bond donors (Lipinski definition) is 2. The predicted octanol–water partition coefficient (Wildman–Crippen LogP) is 13.3. The zero-order valence-corrected chi connectivity index (χ0v) is 40.3. The summed E-state index contributed by atoms with van der Waals surface area (Å²) in [5.74, 6) is -0.176. The third kappa shape index (κ3) is 44.0. The van der Waals surface area contributed by atoms with Gasteiger partial charge in [0, 0.05) is 6.42 Å². The number of aliphatic hydroxyl groups excluding tert-OH is 1. The minimum absolute atomic E-state index is 0.00797. The first kappa shape index (κ1) is 57.9. The topological polar surface area (TPSA) is 108 Å². The van der Waals surface area contributed by atoms with Crippen LogP contribution in [0.4, 0.5) is 0 Å². The quantitative estimate of drug-likeness (QED) is 0.0274. The van der Waals surface area contributed by atoms with Crippen molar-refractivity contribution in [3.05, 3.63) is 72.9 Å². The van der Waals surface area contributed by atoms with Gasteiger partial charge in [-0.15, -0.1) is 0 Å². The fourth-order valence-corrected chi connectivity index (χ4v) is 7.35. The maximum atomic E-state index is 12.9. The number of hydrogen-bond acceptors (Lipinski definition) is 6. The molecule has 348 valence electrons. The van der Waals surface area contributed by atoms with Gasteiger partial charge >= 0.3 is 0 Å².